The van der Waals surface area contributed by atoms with Crippen molar-refractivity contribution in [3.63, 3.8) is 0 Å². The maximum absolute atomic E-state index is 12.5. The minimum Gasteiger partial charge on any atom is -0.399 e. The first-order valence-electron chi connectivity index (χ1n) is 7.49. The van der Waals surface area contributed by atoms with E-state index in [4.69, 9.17) is 17.3 Å². The number of nitrogens with one attached hydrogen (secondary N) is 1. The molecule has 0 bridgehead atoms. The highest BCUT2D eigenvalue weighted by molar-refractivity contribution is 6.30. The van der Waals surface area contributed by atoms with Crippen LogP contribution in [-0.2, 0) is 16.6 Å². The van der Waals surface area contributed by atoms with Crippen LogP contribution in [0.2, 0.25) is 5.02 Å². The zero-order valence-electron chi connectivity index (χ0n) is 12.3. The minimum atomic E-state index is -0.342. The topological polar surface area (TPSA) is 55.1 Å². The first kappa shape index (κ1) is 14.9. The van der Waals surface area contributed by atoms with E-state index in [0.717, 1.165) is 30.5 Å². The van der Waals surface area contributed by atoms with Gasteiger partial charge in [-0.2, -0.15) is 0 Å². The smallest absolute Gasteiger partial charge is 0.230 e. The van der Waals surface area contributed by atoms with Gasteiger partial charge in [-0.15, -0.1) is 0 Å². The second-order valence-electron chi connectivity index (χ2n) is 5.84. The number of carbonyl (C=O) groups is 1. The summed E-state index contributed by atoms with van der Waals surface area (Å²) >= 11 is 5.91. The standard InChI is InChI=1S/C18H19ClN2O/c19-15-5-3-14(4-6-15)18(10-11-18)17(22)21-12-9-13-1-7-16(20)8-2-13/h1-8H,9-12,20H2,(H,21,22). The molecule has 1 aliphatic rings. The average Bonchev–Trinajstić information content (AvgIpc) is 3.32. The van der Waals surface area contributed by atoms with Gasteiger partial charge in [-0.25, -0.2) is 0 Å². The Hall–Kier alpha value is -2.00. The fourth-order valence-corrected chi connectivity index (χ4v) is 2.84. The van der Waals surface area contributed by atoms with Crippen LogP contribution >= 0.6 is 11.6 Å². The number of carbonyl (C=O) groups excluding carboxylic acids is 1. The molecule has 1 aliphatic carbocycles. The average molecular weight is 315 g/mol. The lowest BCUT2D eigenvalue weighted by Crippen LogP contribution is -2.35. The summed E-state index contributed by atoms with van der Waals surface area (Å²) < 4.78 is 0. The monoisotopic (exact) mass is 314 g/mol. The zero-order valence-corrected chi connectivity index (χ0v) is 13.1. The second-order valence-corrected chi connectivity index (χ2v) is 6.27. The summed E-state index contributed by atoms with van der Waals surface area (Å²) in [6.07, 6.45) is 2.62. The van der Waals surface area contributed by atoms with Gasteiger partial charge in [-0.05, 0) is 54.7 Å². The molecule has 0 radical (unpaired) electrons. The van der Waals surface area contributed by atoms with Crippen molar-refractivity contribution in [2.45, 2.75) is 24.7 Å². The summed E-state index contributed by atoms with van der Waals surface area (Å²) in [5, 5.41) is 3.76. The molecular formula is C18H19ClN2O. The van der Waals surface area contributed by atoms with Gasteiger partial charge in [0.2, 0.25) is 5.91 Å². The molecule has 0 atom stereocenters. The van der Waals surface area contributed by atoms with E-state index in [1.54, 1.807) is 0 Å². The van der Waals surface area contributed by atoms with Crippen LogP contribution in [0, 0.1) is 0 Å². The van der Waals surface area contributed by atoms with Gasteiger partial charge in [0.05, 0.1) is 5.41 Å². The summed E-state index contributed by atoms with van der Waals surface area (Å²) in [7, 11) is 0. The van der Waals surface area contributed by atoms with E-state index < -0.39 is 0 Å². The molecule has 0 unspecified atom stereocenters. The molecule has 0 saturated heterocycles. The fourth-order valence-electron chi connectivity index (χ4n) is 2.71. The zero-order chi connectivity index (χ0) is 15.6. The molecule has 114 valence electrons. The van der Waals surface area contributed by atoms with Crippen molar-refractivity contribution in [2.24, 2.45) is 0 Å². The van der Waals surface area contributed by atoms with Gasteiger partial charge in [0.1, 0.15) is 0 Å². The van der Waals surface area contributed by atoms with Crippen LogP contribution in [0.3, 0.4) is 0 Å². The number of rotatable bonds is 5. The predicted molar refractivity (Wildman–Crippen MR) is 89.9 cm³/mol. The third-order valence-corrected chi connectivity index (χ3v) is 4.51. The maximum atomic E-state index is 12.5. The van der Waals surface area contributed by atoms with E-state index in [2.05, 4.69) is 5.32 Å². The fraction of sp³-hybridized carbons (Fsp3) is 0.278. The van der Waals surface area contributed by atoms with Crippen molar-refractivity contribution in [1.82, 2.24) is 5.32 Å². The molecule has 2 aromatic rings. The number of nitrogen functional groups attached to an aromatic ring is 1. The molecule has 2 aromatic carbocycles. The Morgan fingerprint density at radius 3 is 2.32 bits per heavy atom. The van der Waals surface area contributed by atoms with Crippen LogP contribution < -0.4 is 11.1 Å². The van der Waals surface area contributed by atoms with Crippen molar-refractivity contribution in [1.29, 1.82) is 0 Å². The molecule has 1 fully saturated rings. The molecular weight excluding hydrogens is 296 g/mol. The van der Waals surface area contributed by atoms with Crippen LogP contribution in [0.5, 0.6) is 0 Å². The number of hydrogen-bond acceptors (Lipinski definition) is 2. The third-order valence-electron chi connectivity index (χ3n) is 4.26. The first-order valence-corrected chi connectivity index (χ1v) is 7.87. The minimum absolute atomic E-state index is 0.116. The summed E-state index contributed by atoms with van der Waals surface area (Å²) in [6, 6.07) is 15.3. The summed E-state index contributed by atoms with van der Waals surface area (Å²) in [6.45, 7) is 0.637. The maximum Gasteiger partial charge on any atom is 0.230 e. The van der Waals surface area contributed by atoms with Gasteiger partial charge in [0.25, 0.3) is 0 Å². The summed E-state index contributed by atoms with van der Waals surface area (Å²) in [5.41, 5.74) is 8.31. The number of amides is 1. The molecule has 3 N–H and O–H groups in total. The van der Waals surface area contributed by atoms with E-state index >= 15 is 0 Å². The van der Waals surface area contributed by atoms with E-state index in [9.17, 15) is 4.79 Å². The molecule has 0 aliphatic heterocycles. The molecule has 22 heavy (non-hydrogen) atoms. The SMILES string of the molecule is Nc1ccc(CCNC(=O)C2(c3ccc(Cl)cc3)CC2)cc1. The molecule has 0 spiro atoms. The molecule has 3 nitrogen and oxygen atoms in total. The van der Waals surface area contributed by atoms with E-state index in [-0.39, 0.29) is 11.3 Å². The highest BCUT2D eigenvalue weighted by Crippen LogP contribution is 2.48. The van der Waals surface area contributed by atoms with Gasteiger partial charge in [-0.3, -0.25) is 4.79 Å². The van der Waals surface area contributed by atoms with Crippen molar-refractivity contribution in [3.05, 3.63) is 64.7 Å². The number of anilines is 1. The molecule has 0 aromatic heterocycles. The van der Waals surface area contributed by atoms with E-state index in [1.807, 2.05) is 48.5 Å². The molecule has 4 heteroatoms. The molecule has 3 rings (SSSR count). The second kappa shape index (κ2) is 6.01. The number of halogens is 1. The van der Waals surface area contributed by atoms with Crippen LogP contribution in [0.25, 0.3) is 0 Å². The number of nitrogens with two attached hydrogens (primary N) is 1. The molecule has 1 saturated carbocycles. The summed E-state index contributed by atoms with van der Waals surface area (Å²) in [4.78, 5) is 12.5. The Morgan fingerprint density at radius 2 is 1.73 bits per heavy atom. The largest absolute Gasteiger partial charge is 0.399 e. The van der Waals surface area contributed by atoms with E-state index in [0.29, 0.717) is 11.6 Å². The van der Waals surface area contributed by atoms with Crippen molar-refractivity contribution >= 4 is 23.2 Å². The lowest BCUT2D eigenvalue weighted by molar-refractivity contribution is -0.123. The Kier molecular flexibility index (Phi) is 4.08. The summed E-state index contributed by atoms with van der Waals surface area (Å²) in [5.74, 6) is 0.116. The Morgan fingerprint density at radius 1 is 1.09 bits per heavy atom. The van der Waals surface area contributed by atoms with Gasteiger partial charge >= 0.3 is 0 Å². The molecule has 0 heterocycles. The Labute approximate surface area is 135 Å². The van der Waals surface area contributed by atoms with Gasteiger partial charge in [0.15, 0.2) is 0 Å². The normalized spacial score (nSPS) is 15.3. The van der Waals surface area contributed by atoms with E-state index in [1.165, 1.54) is 5.56 Å². The lowest BCUT2D eigenvalue weighted by Gasteiger charge is -2.16. The predicted octanol–water partition coefficient (Wildman–Crippen LogP) is 3.31. The van der Waals surface area contributed by atoms with Crippen molar-refractivity contribution in [2.75, 3.05) is 12.3 Å². The third kappa shape index (κ3) is 3.09. The highest BCUT2D eigenvalue weighted by Gasteiger charge is 2.50. The molecule has 1 amide bonds. The van der Waals surface area contributed by atoms with Crippen molar-refractivity contribution in [3.8, 4) is 0 Å². The van der Waals surface area contributed by atoms with Crippen LogP contribution in [0.1, 0.15) is 24.0 Å². The lowest BCUT2D eigenvalue weighted by atomic mass is 9.95. The van der Waals surface area contributed by atoms with Crippen molar-refractivity contribution < 1.29 is 4.79 Å². The van der Waals surface area contributed by atoms with Crippen LogP contribution in [-0.4, -0.2) is 12.5 Å². The van der Waals surface area contributed by atoms with Gasteiger partial charge in [-0.1, -0.05) is 35.9 Å². The van der Waals surface area contributed by atoms with Crippen LogP contribution in [0.15, 0.2) is 48.5 Å². The Bertz CT molecular complexity index is 660. The number of benzene rings is 2. The quantitative estimate of drug-likeness (QED) is 0.832. The van der Waals surface area contributed by atoms with Gasteiger partial charge < -0.3 is 11.1 Å². The highest BCUT2D eigenvalue weighted by atomic mass is 35.5. The number of hydrogen-bond donors (Lipinski definition) is 2. The first-order chi connectivity index (χ1) is 10.6. The van der Waals surface area contributed by atoms with Crippen LogP contribution in [0.4, 0.5) is 5.69 Å². The Balaban J connectivity index is 1.57. The van der Waals surface area contributed by atoms with Gasteiger partial charge in [0, 0.05) is 17.3 Å².